The number of aromatic nitrogens is 1. The van der Waals surface area contributed by atoms with Crippen molar-refractivity contribution in [1.29, 1.82) is 0 Å². The van der Waals surface area contributed by atoms with Crippen molar-refractivity contribution in [3.8, 4) is 11.3 Å². The first-order valence-corrected chi connectivity index (χ1v) is 10.3. The maximum Gasteiger partial charge on any atom is 0.268 e. The van der Waals surface area contributed by atoms with Gasteiger partial charge in [-0.25, -0.2) is 12.4 Å². The van der Waals surface area contributed by atoms with Crippen molar-refractivity contribution < 1.29 is 8.42 Å². The van der Waals surface area contributed by atoms with Crippen molar-refractivity contribution in [3.63, 3.8) is 0 Å². The number of nitrogens with zero attached hydrogens (tertiary/aromatic N) is 1. The zero-order chi connectivity index (χ0) is 19.2. The standard InChI is InChI=1S/C23H21NO2S/c1-16-9-12-20(13-10-16)27(25,26)24-22-15-17(2)11-14-21(22)18(3)23(24)19-7-5-4-6-8-19/h4-15H,1-3H3. The molecule has 0 aliphatic rings. The maximum absolute atomic E-state index is 13.6. The highest BCUT2D eigenvalue weighted by Gasteiger charge is 2.26. The van der Waals surface area contributed by atoms with Gasteiger partial charge in [0.05, 0.1) is 16.1 Å². The molecule has 0 bridgehead atoms. The lowest BCUT2D eigenvalue weighted by Crippen LogP contribution is -2.14. The van der Waals surface area contributed by atoms with Gasteiger partial charge in [-0.1, -0.05) is 60.2 Å². The van der Waals surface area contributed by atoms with Crippen LogP contribution in [0.2, 0.25) is 0 Å². The van der Waals surface area contributed by atoms with E-state index in [1.54, 1.807) is 12.1 Å². The zero-order valence-corrected chi connectivity index (χ0v) is 16.4. The summed E-state index contributed by atoms with van der Waals surface area (Å²) in [4.78, 5) is 0.295. The van der Waals surface area contributed by atoms with Gasteiger partial charge in [-0.2, -0.15) is 0 Å². The third kappa shape index (κ3) is 2.86. The number of hydrogen-bond donors (Lipinski definition) is 0. The van der Waals surface area contributed by atoms with E-state index in [0.717, 1.165) is 33.3 Å². The van der Waals surface area contributed by atoms with Crippen LogP contribution in [-0.2, 0) is 10.0 Å². The Morgan fingerprint density at radius 2 is 1.37 bits per heavy atom. The molecule has 0 unspecified atom stereocenters. The highest BCUT2D eigenvalue weighted by molar-refractivity contribution is 7.90. The lowest BCUT2D eigenvalue weighted by atomic mass is 10.1. The van der Waals surface area contributed by atoms with Gasteiger partial charge in [-0.15, -0.1) is 0 Å². The molecular formula is C23H21NO2S. The molecule has 0 saturated heterocycles. The molecule has 0 aliphatic carbocycles. The topological polar surface area (TPSA) is 39.1 Å². The quantitative estimate of drug-likeness (QED) is 0.476. The molecule has 136 valence electrons. The molecule has 0 aliphatic heterocycles. The van der Waals surface area contributed by atoms with Crippen molar-refractivity contribution in [2.24, 2.45) is 0 Å². The van der Waals surface area contributed by atoms with Gasteiger partial charge in [0, 0.05) is 5.39 Å². The molecule has 4 heteroatoms. The Labute approximate surface area is 160 Å². The van der Waals surface area contributed by atoms with Gasteiger partial charge in [-0.3, -0.25) is 0 Å². The molecule has 0 radical (unpaired) electrons. The first-order chi connectivity index (χ1) is 12.9. The molecule has 27 heavy (non-hydrogen) atoms. The Balaban J connectivity index is 2.13. The third-order valence-electron chi connectivity index (χ3n) is 4.94. The van der Waals surface area contributed by atoms with Crippen molar-refractivity contribution >= 4 is 20.9 Å². The van der Waals surface area contributed by atoms with Crippen LogP contribution in [0.3, 0.4) is 0 Å². The van der Waals surface area contributed by atoms with Crippen LogP contribution in [0, 0.1) is 20.8 Å². The molecule has 1 aromatic heterocycles. The second-order valence-corrected chi connectivity index (χ2v) is 8.73. The van der Waals surface area contributed by atoms with Crippen LogP contribution in [0.25, 0.3) is 22.2 Å². The van der Waals surface area contributed by atoms with Crippen LogP contribution in [0.15, 0.2) is 77.7 Å². The molecular weight excluding hydrogens is 354 g/mol. The Bertz CT molecular complexity index is 1240. The van der Waals surface area contributed by atoms with Crippen molar-refractivity contribution in [2.75, 3.05) is 0 Å². The van der Waals surface area contributed by atoms with Crippen LogP contribution < -0.4 is 0 Å². The number of fused-ring (bicyclic) bond motifs is 1. The Kier molecular flexibility index (Phi) is 4.16. The molecule has 0 fully saturated rings. The summed E-state index contributed by atoms with van der Waals surface area (Å²) < 4.78 is 28.8. The highest BCUT2D eigenvalue weighted by atomic mass is 32.2. The minimum atomic E-state index is -3.74. The van der Waals surface area contributed by atoms with Gasteiger partial charge in [0.2, 0.25) is 0 Å². The summed E-state index contributed by atoms with van der Waals surface area (Å²) in [5.41, 5.74) is 5.34. The van der Waals surface area contributed by atoms with Crippen molar-refractivity contribution in [1.82, 2.24) is 3.97 Å². The maximum atomic E-state index is 13.6. The van der Waals surface area contributed by atoms with E-state index in [2.05, 4.69) is 0 Å². The summed E-state index contributed by atoms with van der Waals surface area (Å²) in [7, 11) is -3.74. The van der Waals surface area contributed by atoms with Gasteiger partial charge in [0.1, 0.15) is 0 Å². The molecule has 3 aromatic carbocycles. The van der Waals surface area contributed by atoms with Crippen LogP contribution in [0.4, 0.5) is 0 Å². The van der Waals surface area contributed by atoms with E-state index in [4.69, 9.17) is 0 Å². The Hall–Kier alpha value is -2.85. The highest BCUT2D eigenvalue weighted by Crippen LogP contribution is 2.36. The van der Waals surface area contributed by atoms with Crippen LogP contribution in [0.5, 0.6) is 0 Å². The molecule has 0 saturated carbocycles. The summed E-state index contributed by atoms with van der Waals surface area (Å²) in [5.74, 6) is 0. The molecule has 0 amide bonds. The minimum Gasteiger partial charge on any atom is -0.233 e. The van der Waals surface area contributed by atoms with Crippen LogP contribution in [0.1, 0.15) is 16.7 Å². The van der Waals surface area contributed by atoms with Crippen LogP contribution in [-0.4, -0.2) is 12.4 Å². The second kappa shape index (κ2) is 6.39. The summed E-state index contributed by atoms with van der Waals surface area (Å²) in [6, 6.07) is 22.7. The molecule has 4 aromatic rings. The monoisotopic (exact) mass is 375 g/mol. The number of hydrogen-bond acceptors (Lipinski definition) is 2. The van der Waals surface area contributed by atoms with E-state index in [1.165, 1.54) is 3.97 Å². The summed E-state index contributed by atoms with van der Waals surface area (Å²) in [6.07, 6.45) is 0. The first kappa shape index (κ1) is 17.6. The van der Waals surface area contributed by atoms with Gasteiger partial charge in [0.25, 0.3) is 10.0 Å². The van der Waals surface area contributed by atoms with E-state index in [9.17, 15) is 8.42 Å². The second-order valence-electron chi connectivity index (χ2n) is 6.94. The van der Waals surface area contributed by atoms with Gasteiger partial charge in [-0.05, 0) is 55.7 Å². The molecule has 0 N–H and O–H groups in total. The van der Waals surface area contributed by atoms with E-state index >= 15 is 0 Å². The molecule has 1 heterocycles. The lowest BCUT2D eigenvalue weighted by Gasteiger charge is -2.13. The van der Waals surface area contributed by atoms with E-state index in [0.29, 0.717) is 10.4 Å². The SMILES string of the molecule is Cc1ccc(S(=O)(=O)n2c(-c3ccccc3)c(C)c3ccc(C)cc32)cc1. The molecule has 0 spiro atoms. The Morgan fingerprint density at radius 1 is 0.741 bits per heavy atom. The predicted molar refractivity (Wildman–Crippen MR) is 111 cm³/mol. The Morgan fingerprint density at radius 3 is 2.04 bits per heavy atom. The van der Waals surface area contributed by atoms with E-state index < -0.39 is 10.0 Å². The zero-order valence-electron chi connectivity index (χ0n) is 15.6. The average molecular weight is 375 g/mol. The van der Waals surface area contributed by atoms with Crippen molar-refractivity contribution in [2.45, 2.75) is 25.7 Å². The fourth-order valence-corrected chi connectivity index (χ4v) is 5.11. The smallest absolute Gasteiger partial charge is 0.233 e. The average Bonchev–Trinajstić information content (AvgIpc) is 2.95. The number of aryl methyl sites for hydroxylation is 3. The normalized spacial score (nSPS) is 11.8. The molecule has 0 atom stereocenters. The van der Waals surface area contributed by atoms with E-state index in [-0.39, 0.29) is 0 Å². The number of benzene rings is 3. The fourth-order valence-electron chi connectivity index (χ4n) is 3.52. The van der Waals surface area contributed by atoms with Gasteiger partial charge in [0.15, 0.2) is 0 Å². The summed E-state index contributed by atoms with van der Waals surface area (Å²) >= 11 is 0. The van der Waals surface area contributed by atoms with Gasteiger partial charge < -0.3 is 0 Å². The van der Waals surface area contributed by atoms with Crippen LogP contribution >= 0.6 is 0 Å². The molecule has 4 rings (SSSR count). The molecule has 3 nitrogen and oxygen atoms in total. The van der Waals surface area contributed by atoms with Crippen molar-refractivity contribution in [3.05, 3.63) is 89.5 Å². The third-order valence-corrected chi connectivity index (χ3v) is 6.67. The largest absolute Gasteiger partial charge is 0.268 e. The number of rotatable bonds is 3. The fraction of sp³-hybridized carbons (Fsp3) is 0.130. The minimum absolute atomic E-state index is 0.295. The van der Waals surface area contributed by atoms with E-state index in [1.807, 2.05) is 81.4 Å². The lowest BCUT2D eigenvalue weighted by molar-refractivity contribution is 0.589. The predicted octanol–water partition coefficient (Wildman–Crippen LogP) is 5.47. The van der Waals surface area contributed by atoms with Gasteiger partial charge >= 0.3 is 0 Å². The summed E-state index contributed by atoms with van der Waals surface area (Å²) in [5, 5.41) is 0.954. The summed E-state index contributed by atoms with van der Waals surface area (Å²) in [6.45, 7) is 5.92. The first-order valence-electron chi connectivity index (χ1n) is 8.89.